The van der Waals surface area contributed by atoms with Gasteiger partial charge in [0.2, 0.25) is 0 Å². The van der Waals surface area contributed by atoms with Gasteiger partial charge >= 0.3 is 11.9 Å². The zero-order valence-corrected chi connectivity index (χ0v) is 21.1. The molecule has 4 aromatic rings. The van der Waals surface area contributed by atoms with E-state index in [9.17, 15) is 9.59 Å². The lowest BCUT2D eigenvalue weighted by molar-refractivity contribution is -0.146. The molecule has 0 fully saturated rings. The standard InChI is InChI=1S/C24H22Br2N4O4/c25-17-3-1-15-7-9-29(19(15)11-17)13-21(27)33-23(31)5-6-24(32)34-22(28)14-30-10-8-16-2-4-18(26)12-20(16)30/h1-12,21-22H,13-14,27-28H2/b6-5+. The van der Waals surface area contributed by atoms with E-state index in [1.807, 2.05) is 70.1 Å². The van der Waals surface area contributed by atoms with Gasteiger partial charge in [-0.25, -0.2) is 9.59 Å². The largest absolute Gasteiger partial charge is 0.442 e. The third-order valence-electron chi connectivity index (χ3n) is 5.12. The Hall–Kier alpha value is -2.92. The van der Waals surface area contributed by atoms with E-state index in [4.69, 9.17) is 20.9 Å². The topological polar surface area (TPSA) is 114 Å². The normalized spacial score (nSPS) is 13.4. The van der Waals surface area contributed by atoms with E-state index in [1.54, 1.807) is 0 Å². The molecular formula is C24H22Br2N4O4. The van der Waals surface area contributed by atoms with E-state index < -0.39 is 24.4 Å². The molecule has 0 radical (unpaired) electrons. The summed E-state index contributed by atoms with van der Waals surface area (Å²) in [5.74, 6) is -1.51. The van der Waals surface area contributed by atoms with Gasteiger partial charge in [0.25, 0.3) is 0 Å². The van der Waals surface area contributed by atoms with E-state index >= 15 is 0 Å². The zero-order valence-electron chi connectivity index (χ0n) is 17.9. The average Bonchev–Trinajstić information content (AvgIpc) is 3.35. The van der Waals surface area contributed by atoms with Crippen molar-refractivity contribution in [2.24, 2.45) is 11.5 Å². The maximum atomic E-state index is 12.1. The lowest BCUT2D eigenvalue weighted by Gasteiger charge is -2.14. The van der Waals surface area contributed by atoms with E-state index in [2.05, 4.69) is 31.9 Å². The molecule has 2 unspecified atom stereocenters. The van der Waals surface area contributed by atoms with Crippen molar-refractivity contribution in [2.45, 2.75) is 25.5 Å². The second-order valence-corrected chi connectivity index (χ2v) is 9.46. The highest BCUT2D eigenvalue weighted by Crippen LogP contribution is 2.22. The Morgan fingerprint density at radius 1 is 0.765 bits per heavy atom. The third kappa shape index (κ3) is 5.95. The van der Waals surface area contributed by atoms with Crippen LogP contribution in [0.3, 0.4) is 0 Å². The average molecular weight is 590 g/mol. The number of halogens is 2. The monoisotopic (exact) mass is 588 g/mol. The molecule has 4 rings (SSSR count). The Morgan fingerprint density at radius 2 is 1.18 bits per heavy atom. The summed E-state index contributed by atoms with van der Waals surface area (Å²) in [6.45, 7) is 0.519. The molecule has 34 heavy (non-hydrogen) atoms. The highest BCUT2D eigenvalue weighted by atomic mass is 79.9. The van der Waals surface area contributed by atoms with Crippen molar-refractivity contribution >= 4 is 65.6 Å². The van der Waals surface area contributed by atoms with Crippen LogP contribution in [0, 0.1) is 0 Å². The number of benzene rings is 2. The number of rotatable bonds is 8. The first-order valence-electron chi connectivity index (χ1n) is 10.4. The van der Waals surface area contributed by atoms with Crippen molar-refractivity contribution in [1.82, 2.24) is 9.13 Å². The molecule has 0 aliphatic heterocycles. The number of fused-ring (bicyclic) bond motifs is 2. The van der Waals surface area contributed by atoms with Crippen molar-refractivity contribution in [2.75, 3.05) is 0 Å². The predicted molar refractivity (Wildman–Crippen MR) is 137 cm³/mol. The molecule has 2 heterocycles. The van der Waals surface area contributed by atoms with Gasteiger partial charge in [0.05, 0.1) is 13.1 Å². The summed E-state index contributed by atoms with van der Waals surface area (Å²) in [5.41, 5.74) is 13.8. The van der Waals surface area contributed by atoms with Gasteiger partial charge in [-0.3, -0.25) is 11.5 Å². The number of carbonyl (C=O) groups excluding carboxylic acids is 2. The SMILES string of the molecule is NC(Cn1ccc2ccc(Br)cc21)OC(=O)/C=C/C(=O)OC(N)Cn1ccc2ccc(Br)cc21. The van der Waals surface area contributed by atoms with Gasteiger partial charge in [0, 0.05) is 44.5 Å². The van der Waals surface area contributed by atoms with Crippen molar-refractivity contribution in [1.29, 1.82) is 0 Å². The summed E-state index contributed by atoms with van der Waals surface area (Å²) in [6, 6.07) is 15.7. The van der Waals surface area contributed by atoms with Crippen LogP contribution in [0.25, 0.3) is 21.8 Å². The Kier molecular flexibility index (Phi) is 7.52. The van der Waals surface area contributed by atoms with Crippen molar-refractivity contribution in [3.8, 4) is 0 Å². The Morgan fingerprint density at radius 3 is 1.59 bits per heavy atom. The van der Waals surface area contributed by atoms with Crippen LogP contribution < -0.4 is 11.5 Å². The quantitative estimate of drug-likeness (QED) is 0.182. The fourth-order valence-corrected chi connectivity index (χ4v) is 4.31. The van der Waals surface area contributed by atoms with Crippen LogP contribution in [0.5, 0.6) is 0 Å². The van der Waals surface area contributed by atoms with E-state index in [-0.39, 0.29) is 13.1 Å². The number of hydrogen-bond donors (Lipinski definition) is 2. The number of esters is 2. The Bertz CT molecular complexity index is 1270. The minimum absolute atomic E-state index is 0.260. The van der Waals surface area contributed by atoms with Gasteiger partial charge in [-0.1, -0.05) is 44.0 Å². The van der Waals surface area contributed by atoms with Crippen LogP contribution in [0.15, 0.2) is 82.0 Å². The lowest BCUT2D eigenvalue weighted by Crippen LogP contribution is -2.32. The zero-order chi connectivity index (χ0) is 24.2. The van der Waals surface area contributed by atoms with E-state index in [0.717, 1.165) is 42.9 Å². The number of hydrogen-bond acceptors (Lipinski definition) is 6. The maximum Gasteiger partial charge on any atom is 0.332 e. The fourth-order valence-electron chi connectivity index (χ4n) is 3.61. The molecule has 0 bridgehead atoms. The molecule has 10 heteroatoms. The molecule has 176 valence electrons. The lowest BCUT2D eigenvalue weighted by atomic mass is 10.2. The second kappa shape index (κ2) is 10.6. The molecule has 0 spiro atoms. The van der Waals surface area contributed by atoms with Gasteiger partial charge < -0.3 is 18.6 Å². The molecule has 0 saturated carbocycles. The van der Waals surface area contributed by atoms with Gasteiger partial charge in [-0.2, -0.15) is 0 Å². The molecular weight excluding hydrogens is 568 g/mol. The van der Waals surface area contributed by atoms with Crippen LogP contribution in [0.1, 0.15) is 0 Å². The molecule has 2 aromatic heterocycles. The number of carbonyl (C=O) groups is 2. The molecule has 0 aliphatic rings. The summed E-state index contributed by atoms with van der Waals surface area (Å²) in [7, 11) is 0. The van der Waals surface area contributed by atoms with Gasteiger partial charge in [0.15, 0.2) is 12.5 Å². The highest BCUT2D eigenvalue weighted by molar-refractivity contribution is 9.10. The first-order chi connectivity index (χ1) is 16.3. The summed E-state index contributed by atoms with van der Waals surface area (Å²) in [5, 5.41) is 2.09. The highest BCUT2D eigenvalue weighted by Gasteiger charge is 2.13. The van der Waals surface area contributed by atoms with Crippen LogP contribution in [0.2, 0.25) is 0 Å². The molecule has 8 nitrogen and oxygen atoms in total. The summed E-state index contributed by atoms with van der Waals surface area (Å²) < 4.78 is 16.0. The van der Waals surface area contributed by atoms with Crippen LogP contribution in [-0.2, 0) is 32.2 Å². The van der Waals surface area contributed by atoms with E-state index in [1.165, 1.54) is 0 Å². The number of nitrogens with two attached hydrogens (primary N) is 2. The van der Waals surface area contributed by atoms with Crippen molar-refractivity contribution in [3.63, 3.8) is 0 Å². The van der Waals surface area contributed by atoms with Crippen LogP contribution in [-0.4, -0.2) is 33.5 Å². The molecule has 4 N–H and O–H groups in total. The maximum absolute atomic E-state index is 12.1. The summed E-state index contributed by atoms with van der Waals surface area (Å²) in [4.78, 5) is 24.1. The minimum Gasteiger partial charge on any atom is -0.442 e. The van der Waals surface area contributed by atoms with Gasteiger partial charge in [0.1, 0.15) is 0 Å². The van der Waals surface area contributed by atoms with Crippen molar-refractivity contribution in [3.05, 3.63) is 82.0 Å². The first kappa shape index (κ1) is 24.2. The van der Waals surface area contributed by atoms with Crippen LogP contribution >= 0.6 is 31.9 Å². The van der Waals surface area contributed by atoms with Gasteiger partial charge in [-0.15, -0.1) is 0 Å². The van der Waals surface area contributed by atoms with Crippen LogP contribution in [0.4, 0.5) is 0 Å². The molecule has 2 atom stereocenters. The Balaban J connectivity index is 1.27. The molecule has 0 aliphatic carbocycles. The molecule has 0 amide bonds. The Labute approximate surface area is 212 Å². The fraction of sp³-hybridized carbons (Fsp3) is 0.167. The predicted octanol–water partition coefficient (Wildman–Crippen LogP) is 4.03. The first-order valence-corrected chi connectivity index (χ1v) is 12.0. The number of aromatic nitrogens is 2. The van der Waals surface area contributed by atoms with Crippen molar-refractivity contribution < 1.29 is 19.1 Å². The smallest absolute Gasteiger partial charge is 0.332 e. The molecule has 0 saturated heterocycles. The summed E-state index contributed by atoms with van der Waals surface area (Å²) in [6.07, 6.45) is 3.89. The summed E-state index contributed by atoms with van der Waals surface area (Å²) >= 11 is 6.89. The molecule has 2 aromatic carbocycles. The number of nitrogens with zero attached hydrogens (tertiary/aromatic N) is 2. The van der Waals surface area contributed by atoms with Gasteiger partial charge in [-0.05, 0) is 47.2 Å². The third-order valence-corrected chi connectivity index (χ3v) is 6.10. The van der Waals surface area contributed by atoms with E-state index in [0.29, 0.717) is 0 Å². The minimum atomic E-state index is -0.897. The second-order valence-electron chi connectivity index (χ2n) is 7.63. The number of ether oxygens (including phenoxy) is 2.